The van der Waals surface area contributed by atoms with E-state index in [0.29, 0.717) is 11.4 Å². The summed E-state index contributed by atoms with van der Waals surface area (Å²) in [5, 5.41) is 3.26. The zero-order chi connectivity index (χ0) is 13.1. The van der Waals surface area contributed by atoms with Crippen LogP contribution in [0.25, 0.3) is 0 Å². The van der Waals surface area contributed by atoms with Crippen molar-refractivity contribution in [1.29, 1.82) is 0 Å². The third-order valence-corrected chi connectivity index (χ3v) is 3.82. The van der Waals surface area contributed by atoms with Gasteiger partial charge >= 0.3 is 0 Å². The Hall–Kier alpha value is -0.650. The SMILES string of the molecule is C=C(Br)CNC(C)c1ccc(S(C)(=O)=O)cc1. The largest absolute Gasteiger partial charge is 0.306 e. The molecule has 1 atom stereocenters. The predicted molar refractivity (Wildman–Crippen MR) is 74.0 cm³/mol. The Balaban J connectivity index is 2.77. The molecule has 0 saturated heterocycles. The molecule has 1 N–H and O–H groups in total. The average Bonchev–Trinajstić information content (AvgIpc) is 2.25. The number of sulfone groups is 1. The number of benzene rings is 1. The summed E-state index contributed by atoms with van der Waals surface area (Å²) >= 11 is 3.28. The van der Waals surface area contributed by atoms with E-state index in [9.17, 15) is 8.42 Å². The molecule has 0 saturated carbocycles. The fourth-order valence-corrected chi connectivity index (χ4v) is 2.18. The normalized spacial score (nSPS) is 13.4. The van der Waals surface area contributed by atoms with E-state index >= 15 is 0 Å². The molecule has 0 heterocycles. The van der Waals surface area contributed by atoms with Crippen LogP contribution in [0, 0.1) is 0 Å². The second kappa shape index (κ2) is 5.80. The van der Waals surface area contributed by atoms with Crippen molar-refractivity contribution < 1.29 is 8.42 Å². The molecule has 1 rings (SSSR count). The summed E-state index contributed by atoms with van der Waals surface area (Å²) in [7, 11) is -3.11. The second-order valence-corrected chi connectivity index (χ2v) is 7.10. The van der Waals surface area contributed by atoms with E-state index in [4.69, 9.17) is 0 Å². The van der Waals surface area contributed by atoms with Crippen molar-refractivity contribution in [2.75, 3.05) is 12.8 Å². The summed E-state index contributed by atoms with van der Waals surface area (Å²) in [6.07, 6.45) is 1.21. The van der Waals surface area contributed by atoms with Gasteiger partial charge in [0.15, 0.2) is 9.84 Å². The fourth-order valence-electron chi connectivity index (χ4n) is 1.39. The van der Waals surface area contributed by atoms with Gasteiger partial charge in [-0.25, -0.2) is 8.42 Å². The smallest absolute Gasteiger partial charge is 0.175 e. The zero-order valence-electron chi connectivity index (χ0n) is 9.90. The van der Waals surface area contributed by atoms with E-state index in [2.05, 4.69) is 27.8 Å². The van der Waals surface area contributed by atoms with Crippen molar-refractivity contribution >= 4 is 25.8 Å². The molecule has 1 unspecified atom stereocenters. The van der Waals surface area contributed by atoms with E-state index in [1.807, 2.05) is 19.1 Å². The lowest BCUT2D eigenvalue weighted by Gasteiger charge is -2.14. The van der Waals surface area contributed by atoms with Gasteiger partial charge in [-0.1, -0.05) is 34.6 Å². The van der Waals surface area contributed by atoms with Crippen LogP contribution in [-0.4, -0.2) is 21.2 Å². The molecule has 0 spiro atoms. The molecule has 94 valence electrons. The predicted octanol–water partition coefficient (Wildman–Crippen LogP) is 2.65. The van der Waals surface area contributed by atoms with Gasteiger partial charge < -0.3 is 5.32 Å². The van der Waals surface area contributed by atoms with Crippen LogP contribution >= 0.6 is 15.9 Å². The number of rotatable bonds is 5. The molecule has 0 fully saturated rings. The first kappa shape index (κ1) is 14.4. The molecule has 0 amide bonds. The topological polar surface area (TPSA) is 46.2 Å². The first-order valence-electron chi connectivity index (χ1n) is 5.17. The molecule has 5 heteroatoms. The highest BCUT2D eigenvalue weighted by atomic mass is 79.9. The highest BCUT2D eigenvalue weighted by Gasteiger charge is 2.09. The highest BCUT2D eigenvalue weighted by Crippen LogP contribution is 2.16. The number of halogens is 1. The molecule has 0 aliphatic rings. The number of hydrogen-bond donors (Lipinski definition) is 1. The van der Waals surface area contributed by atoms with Gasteiger partial charge in [0.1, 0.15) is 0 Å². The molecule has 0 radical (unpaired) electrons. The van der Waals surface area contributed by atoms with E-state index in [-0.39, 0.29) is 6.04 Å². The lowest BCUT2D eigenvalue weighted by molar-refractivity contribution is 0.600. The van der Waals surface area contributed by atoms with E-state index in [0.717, 1.165) is 10.0 Å². The Labute approximate surface area is 111 Å². The molecular formula is C12H16BrNO2S. The Kier molecular flexibility index (Phi) is 4.91. The maximum Gasteiger partial charge on any atom is 0.175 e. The van der Waals surface area contributed by atoms with Crippen molar-refractivity contribution in [2.45, 2.75) is 17.9 Å². The van der Waals surface area contributed by atoms with E-state index < -0.39 is 9.84 Å². The summed E-state index contributed by atoms with van der Waals surface area (Å²) in [5.41, 5.74) is 1.05. The quantitative estimate of drug-likeness (QED) is 0.908. The molecule has 17 heavy (non-hydrogen) atoms. The molecule has 0 aromatic heterocycles. The number of hydrogen-bond acceptors (Lipinski definition) is 3. The van der Waals surface area contributed by atoms with Crippen LogP contribution in [0.1, 0.15) is 18.5 Å². The third-order valence-electron chi connectivity index (χ3n) is 2.41. The van der Waals surface area contributed by atoms with Crippen LogP contribution < -0.4 is 5.32 Å². The summed E-state index contributed by atoms with van der Waals surface area (Å²) in [6, 6.07) is 7.06. The van der Waals surface area contributed by atoms with Crippen LogP contribution in [0.3, 0.4) is 0 Å². The Morgan fingerprint density at radius 1 is 1.41 bits per heavy atom. The highest BCUT2D eigenvalue weighted by molar-refractivity contribution is 9.11. The minimum Gasteiger partial charge on any atom is -0.306 e. The molecule has 0 aliphatic heterocycles. The summed E-state index contributed by atoms with van der Waals surface area (Å²) in [5.74, 6) is 0. The Morgan fingerprint density at radius 2 is 1.94 bits per heavy atom. The Morgan fingerprint density at radius 3 is 2.35 bits per heavy atom. The zero-order valence-corrected chi connectivity index (χ0v) is 12.3. The number of nitrogens with one attached hydrogen (secondary N) is 1. The summed E-state index contributed by atoms with van der Waals surface area (Å²) in [6.45, 7) is 6.44. The van der Waals surface area contributed by atoms with E-state index in [1.54, 1.807) is 12.1 Å². The molecule has 3 nitrogen and oxygen atoms in total. The van der Waals surface area contributed by atoms with Gasteiger partial charge in [0.25, 0.3) is 0 Å². The Bertz CT molecular complexity index is 494. The lowest BCUT2D eigenvalue weighted by Crippen LogP contribution is -2.19. The monoisotopic (exact) mass is 317 g/mol. The third kappa shape index (κ3) is 4.61. The van der Waals surface area contributed by atoms with Gasteiger partial charge in [-0.05, 0) is 24.6 Å². The standard InChI is InChI=1S/C12H16BrNO2S/c1-9(13)8-14-10(2)11-4-6-12(7-5-11)17(3,15)16/h4-7,10,14H,1,8H2,2-3H3. The van der Waals surface area contributed by atoms with Crippen molar-refractivity contribution in [3.63, 3.8) is 0 Å². The lowest BCUT2D eigenvalue weighted by atomic mass is 10.1. The van der Waals surface area contributed by atoms with E-state index in [1.165, 1.54) is 6.26 Å². The summed E-state index contributed by atoms with van der Waals surface area (Å²) in [4.78, 5) is 0.346. The average molecular weight is 318 g/mol. The van der Waals surface area contributed by atoms with Gasteiger partial charge in [-0.2, -0.15) is 0 Å². The fraction of sp³-hybridized carbons (Fsp3) is 0.333. The van der Waals surface area contributed by atoms with Crippen LogP contribution in [0.5, 0.6) is 0 Å². The van der Waals surface area contributed by atoms with Crippen LogP contribution in [0.4, 0.5) is 0 Å². The van der Waals surface area contributed by atoms with Gasteiger partial charge in [0.2, 0.25) is 0 Å². The summed E-state index contributed by atoms with van der Waals surface area (Å²) < 4.78 is 23.5. The minimum absolute atomic E-state index is 0.151. The molecular weight excluding hydrogens is 302 g/mol. The van der Waals surface area contributed by atoms with Crippen molar-refractivity contribution in [3.8, 4) is 0 Å². The van der Waals surface area contributed by atoms with Gasteiger partial charge in [-0.3, -0.25) is 0 Å². The minimum atomic E-state index is -3.11. The van der Waals surface area contributed by atoms with Gasteiger partial charge in [0.05, 0.1) is 4.90 Å². The first-order chi connectivity index (χ1) is 7.80. The van der Waals surface area contributed by atoms with Gasteiger partial charge in [0, 0.05) is 23.3 Å². The molecule has 1 aromatic carbocycles. The van der Waals surface area contributed by atoms with Crippen LogP contribution in [-0.2, 0) is 9.84 Å². The maximum absolute atomic E-state index is 11.3. The molecule has 1 aromatic rings. The molecule has 0 bridgehead atoms. The van der Waals surface area contributed by atoms with Crippen molar-refractivity contribution in [1.82, 2.24) is 5.32 Å². The van der Waals surface area contributed by atoms with Gasteiger partial charge in [-0.15, -0.1) is 0 Å². The second-order valence-electron chi connectivity index (χ2n) is 3.96. The first-order valence-corrected chi connectivity index (χ1v) is 7.86. The van der Waals surface area contributed by atoms with Crippen molar-refractivity contribution in [2.24, 2.45) is 0 Å². The maximum atomic E-state index is 11.3. The van der Waals surface area contributed by atoms with Crippen LogP contribution in [0.15, 0.2) is 40.2 Å². The molecule has 0 aliphatic carbocycles. The van der Waals surface area contributed by atoms with Crippen molar-refractivity contribution in [3.05, 3.63) is 40.9 Å². The van der Waals surface area contributed by atoms with Crippen LogP contribution in [0.2, 0.25) is 0 Å².